The first-order chi connectivity index (χ1) is 15.8. The number of guanidine groups is 1. The van der Waals surface area contributed by atoms with Crippen LogP contribution in [-0.2, 0) is 24.2 Å². The fourth-order valence-electron chi connectivity index (χ4n) is 3.91. The summed E-state index contributed by atoms with van der Waals surface area (Å²) in [6.45, 7) is 6.80. The molecule has 1 aliphatic rings. The van der Waals surface area contributed by atoms with Crippen molar-refractivity contribution in [1.29, 1.82) is 0 Å². The first-order valence-corrected chi connectivity index (χ1v) is 12.0. The van der Waals surface area contributed by atoms with E-state index >= 15 is 0 Å². The van der Waals surface area contributed by atoms with E-state index in [4.69, 9.17) is 4.99 Å². The summed E-state index contributed by atoms with van der Waals surface area (Å²) in [7, 11) is 0. The molecule has 0 spiro atoms. The normalized spacial score (nSPS) is 14.5. The first-order valence-electron chi connectivity index (χ1n) is 12.0. The second-order valence-corrected chi connectivity index (χ2v) is 8.16. The minimum absolute atomic E-state index is 0. The van der Waals surface area contributed by atoms with Gasteiger partial charge in [0.15, 0.2) is 5.96 Å². The highest BCUT2D eigenvalue weighted by atomic mass is 127. The van der Waals surface area contributed by atoms with Gasteiger partial charge in [-0.2, -0.15) is 0 Å². The fraction of sp³-hybridized carbons (Fsp3) is 0.583. The number of likely N-dealkylation sites (tertiary alicyclic amines) is 1. The highest BCUT2D eigenvalue weighted by molar-refractivity contribution is 14.0. The summed E-state index contributed by atoms with van der Waals surface area (Å²) in [5, 5.41) is 15.0. The lowest BCUT2D eigenvalue weighted by molar-refractivity contribution is -0.130. The minimum Gasteiger partial charge on any atom is -0.356 e. The molecule has 33 heavy (non-hydrogen) atoms. The van der Waals surface area contributed by atoms with Gasteiger partial charge in [0.1, 0.15) is 12.2 Å². The van der Waals surface area contributed by atoms with Crippen molar-refractivity contribution in [3.05, 3.63) is 48.0 Å². The molecule has 1 aromatic carbocycles. The highest BCUT2D eigenvalue weighted by Crippen LogP contribution is 2.11. The molecule has 9 heteroatoms. The molecule has 1 aliphatic heterocycles. The molecular formula is C24H38IN7O. The van der Waals surface area contributed by atoms with E-state index in [0.29, 0.717) is 18.9 Å². The van der Waals surface area contributed by atoms with Crippen LogP contribution >= 0.6 is 24.0 Å². The van der Waals surface area contributed by atoms with E-state index in [0.717, 1.165) is 83.0 Å². The number of carbonyl (C=O) groups is 1. The number of halogens is 1. The Bertz CT molecular complexity index is 840. The van der Waals surface area contributed by atoms with Crippen molar-refractivity contribution in [1.82, 2.24) is 30.3 Å². The minimum atomic E-state index is 0. The predicted molar refractivity (Wildman–Crippen MR) is 143 cm³/mol. The Hall–Kier alpha value is -2.17. The number of nitrogens with zero attached hydrogens (tertiary/aromatic N) is 5. The van der Waals surface area contributed by atoms with Crippen LogP contribution < -0.4 is 10.6 Å². The van der Waals surface area contributed by atoms with Crippen LogP contribution in [0.3, 0.4) is 0 Å². The van der Waals surface area contributed by atoms with Crippen LogP contribution in [0, 0.1) is 0 Å². The third-order valence-corrected chi connectivity index (χ3v) is 5.73. The van der Waals surface area contributed by atoms with Crippen molar-refractivity contribution in [3.8, 4) is 0 Å². The smallest absolute Gasteiger partial charge is 0.222 e. The molecule has 182 valence electrons. The molecule has 0 atom stereocenters. The lowest BCUT2D eigenvalue weighted by Gasteiger charge is -2.20. The molecule has 1 amide bonds. The Labute approximate surface area is 214 Å². The van der Waals surface area contributed by atoms with Gasteiger partial charge < -0.3 is 20.1 Å². The molecule has 8 nitrogen and oxygen atoms in total. The largest absolute Gasteiger partial charge is 0.356 e. The van der Waals surface area contributed by atoms with E-state index in [-0.39, 0.29) is 24.0 Å². The summed E-state index contributed by atoms with van der Waals surface area (Å²) in [6.07, 6.45) is 8.46. The zero-order chi connectivity index (χ0) is 22.4. The van der Waals surface area contributed by atoms with Crippen LogP contribution in [0.15, 0.2) is 41.7 Å². The number of hydrogen-bond acceptors (Lipinski definition) is 4. The molecule has 0 radical (unpaired) electrons. The number of aliphatic imine (C=N–C) groups is 1. The van der Waals surface area contributed by atoms with Crippen LogP contribution in [0.5, 0.6) is 0 Å². The van der Waals surface area contributed by atoms with Gasteiger partial charge in [0.05, 0.1) is 0 Å². The lowest BCUT2D eigenvalue weighted by Crippen LogP contribution is -2.40. The topological polar surface area (TPSA) is 87.4 Å². The van der Waals surface area contributed by atoms with Crippen LogP contribution in [0.4, 0.5) is 0 Å². The van der Waals surface area contributed by atoms with Crippen molar-refractivity contribution in [3.63, 3.8) is 0 Å². The van der Waals surface area contributed by atoms with Crippen LogP contribution in [-0.4, -0.2) is 64.3 Å². The Kier molecular flexibility index (Phi) is 12.8. The number of aromatic nitrogens is 3. The number of aryl methyl sites for hydroxylation is 1. The first kappa shape index (κ1) is 27.1. The highest BCUT2D eigenvalue weighted by Gasteiger charge is 2.15. The van der Waals surface area contributed by atoms with Gasteiger partial charge in [-0.25, -0.2) is 0 Å². The molecule has 0 unspecified atom stereocenters. The molecule has 2 heterocycles. The SMILES string of the molecule is CCc1nncn1CCNC(=NCCCN1CCCCCC1=O)NCCc1ccccc1.I. The average molecular weight is 568 g/mol. The van der Waals surface area contributed by atoms with E-state index in [9.17, 15) is 4.79 Å². The molecule has 0 aliphatic carbocycles. The Morgan fingerprint density at radius 1 is 1.09 bits per heavy atom. The maximum absolute atomic E-state index is 12.2. The summed E-state index contributed by atoms with van der Waals surface area (Å²) in [4.78, 5) is 19.0. The molecule has 3 rings (SSSR count). The van der Waals surface area contributed by atoms with Gasteiger partial charge in [0.25, 0.3) is 0 Å². The van der Waals surface area contributed by atoms with Crippen LogP contribution in [0.25, 0.3) is 0 Å². The maximum atomic E-state index is 12.2. The lowest BCUT2D eigenvalue weighted by atomic mass is 10.1. The van der Waals surface area contributed by atoms with E-state index < -0.39 is 0 Å². The van der Waals surface area contributed by atoms with Crippen LogP contribution in [0.1, 0.15) is 50.4 Å². The number of benzene rings is 1. The third kappa shape index (κ3) is 9.69. The molecule has 2 aromatic rings. The third-order valence-electron chi connectivity index (χ3n) is 5.73. The zero-order valence-electron chi connectivity index (χ0n) is 19.7. The number of rotatable bonds is 11. The quantitative estimate of drug-likeness (QED) is 0.189. The second kappa shape index (κ2) is 15.6. The van der Waals surface area contributed by atoms with E-state index in [2.05, 4.69) is 56.6 Å². The van der Waals surface area contributed by atoms with Crippen molar-refractivity contribution in [2.75, 3.05) is 32.7 Å². The van der Waals surface area contributed by atoms with Crippen molar-refractivity contribution in [2.45, 2.75) is 58.4 Å². The molecule has 1 aromatic heterocycles. The summed E-state index contributed by atoms with van der Waals surface area (Å²) >= 11 is 0. The summed E-state index contributed by atoms with van der Waals surface area (Å²) in [6, 6.07) is 10.5. The molecular weight excluding hydrogens is 529 g/mol. The van der Waals surface area contributed by atoms with Gasteiger partial charge in [-0.05, 0) is 31.2 Å². The van der Waals surface area contributed by atoms with Gasteiger partial charge in [-0.3, -0.25) is 9.79 Å². The maximum Gasteiger partial charge on any atom is 0.222 e. The van der Waals surface area contributed by atoms with Gasteiger partial charge in [-0.15, -0.1) is 34.2 Å². The van der Waals surface area contributed by atoms with E-state index in [1.165, 1.54) is 5.56 Å². The van der Waals surface area contributed by atoms with Gasteiger partial charge in [-0.1, -0.05) is 43.7 Å². The number of amides is 1. The molecule has 0 saturated carbocycles. The molecule has 0 bridgehead atoms. The fourth-order valence-corrected chi connectivity index (χ4v) is 3.91. The standard InChI is InChI=1S/C24H37N7O.HI/c1-2-22-29-28-20-31(22)19-16-27-24(26-15-13-21-10-5-3-6-11-21)25-14-9-18-30-17-8-4-7-12-23(30)32;/h3,5-6,10-11,20H,2,4,7-9,12-19H2,1H3,(H2,25,26,27);1H. The second-order valence-electron chi connectivity index (χ2n) is 8.16. The van der Waals surface area contributed by atoms with Crippen molar-refractivity contribution >= 4 is 35.8 Å². The van der Waals surface area contributed by atoms with Gasteiger partial charge >= 0.3 is 0 Å². The summed E-state index contributed by atoms with van der Waals surface area (Å²) in [5.41, 5.74) is 1.30. The number of hydrogen-bond donors (Lipinski definition) is 2. The Balaban J connectivity index is 0.00000385. The van der Waals surface area contributed by atoms with Crippen molar-refractivity contribution < 1.29 is 4.79 Å². The van der Waals surface area contributed by atoms with E-state index in [1.807, 2.05) is 11.0 Å². The Morgan fingerprint density at radius 3 is 2.73 bits per heavy atom. The van der Waals surface area contributed by atoms with E-state index in [1.54, 1.807) is 6.33 Å². The molecule has 1 fully saturated rings. The van der Waals surface area contributed by atoms with Gasteiger partial charge in [0, 0.05) is 52.1 Å². The zero-order valence-corrected chi connectivity index (χ0v) is 22.0. The number of nitrogens with one attached hydrogen (secondary N) is 2. The molecule has 2 N–H and O–H groups in total. The average Bonchev–Trinajstić information content (AvgIpc) is 3.17. The van der Waals surface area contributed by atoms with Crippen LogP contribution in [0.2, 0.25) is 0 Å². The predicted octanol–water partition coefficient (Wildman–Crippen LogP) is 3.03. The van der Waals surface area contributed by atoms with Crippen molar-refractivity contribution in [2.24, 2.45) is 4.99 Å². The Morgan fingerprint density at radius 2 is 1.91 bits per heavy atom. The monoisotopic (exact) mass is 567 g/mol. The molecule has 1 saturated heterocycles. The summed E-state index contributed by atoms with van der Waals surface area (Å²) < 4.78 is 2.07. The summed E-state index contributed by atoms with van der Waals surface area (Å²) in [5.74, 6) is 2.10. The number of carbonyl (C=O) groups excluding carboxylic acids is 1. The van der Waals surface area contributed by atoms with Gasteiger partial charge in [0.2, 0.25) is 5.91 Å².